The summed E-state index contributed by atoms with van der Waals surface area (Å²) in [4.78, 5) is 24.2. The fourth-order valence-electron chi connectivity index (χ4n) is 1.84. The van der Waals surface area contributed by atoms with Crippen LogP contribution in [0.5, 0.6) is 0 Å². The van der Waals surface area contributed by atoms with Crippen LogP contribution >= 0.6 is 12.4 Å². The third kappa shape index (κ3) is 3.53. The van der Waals surface area contributed by atoms with Crippen LogP contribution in [0.4, 0.5) is 0 Å². The van der Waals surface area contributed by atoms with Crippen LogP contribution in [0, 0.1) is 13.8 Å². The highest BCUT2D eigenvalue weighted by molar-refractivity contribution is 6.49. The number of ketones is 2. The van der Waals surface area contributed by atoms with Gasteiger partial charge in [0.1, 0.15) is 0 Å². The van der Waals surface area contributed by atoms with Crippen LogP contribution in [0.25, 0.3) is 0 Å². The summed E-state index contributed by atoms with van der Waals surface area (Å²) in [6.45, 7) is 3.79. The van der Waals surface area contributed by atoms with Crippen molar-refractivity contribution in [3.63, 3.8) is 0 Å². The van der Waals surface area contributed by atoms with E-state index < -0.39 is 11.6 Å². The molecule has 0 spiro atoms. The van der Waals surface area contributed by atoms with E-state index in [0.717, 1.165) is 11.1 Å². The summed E-state index contributed by atoms with van der Waals surface area (Å²) >= 11 is 0. The highest BCUT2D eigenvalue weighted by Gasteiger charge is 2.19. The van der Waals surface area contributed by atoms with Gasteiger partial charge in [0.15, 0.2) is 0 Å². The zero-order valence-electron chi connectivity index (χ0n) is 11.6. The Bertz CT molecular complexity index is 609. The van der Waals surface area contributed by atoms with Crippen molar-refractivity contribution in [2.45, 2.75) is 13.8 Å². The molecule has 0 atom stereocenters. The highest BCUT2D eigenvalue weighted by atomic mass is 35.5. The number of Topliss-reactive ketones (excluding diaryl/α,β-unsaturated/α-hetero) is 2. The molecule has 106 valence electrons. The number of halogens is 1. The van der Waals surface area contributed by atoms with E-state index >= 15 is 0 Å². The molecular weight excluding hydrogens is 274 g/mol. The van der Waals surface area contributed by atoms with Crippen molar-refractivity contribution in [2.75, 3.05) is 0 Å². The normalized spacial score (nSPS) is 9.10. The minimum absolute atomic E-state index is 0. The van der Waals surface area contributed by atoms with Gasteiger partial charge in [-0.15, -0.1) is 12.4 Å². The minimum atomic E-state index is -0.454. The maximum Gasteiger partial charge on any atom is 0.233 e. The summed E-state index contributed by atoms with van der Waals surface area (Å²) < 4.78 is 0. The van der Waals surface area contributed by atoms with Crippen LogP contribution in [0.1, 0.15) is 31.8 Å². The third-order valence-electron chi connectivity index (χ3n) is 3.09. The highest BCUT2D eigenvalue weighted by Crippen LogP contribution is 2.15. The molecule has 4 heteroatoms. The smallest absolute Gasteiger partial charge is 0.233 e. The molecule has 0 heterocycles. The molecule has 0 saturated carbocycles. The van der Waals surface area contributed by atoms with Crippen LogP contribution < -0.4 is 6.15 Å². The average Bonchev–Trinajstić information content (AvgIpc) is 2.41. The van der Waals surface area contributed by atoms with Crippen LogP contribution in [0.15, 0.2) is 48.5 Å². The number of aryl methyl sites for hydroxylation is 1. The number of rotatable bonds is 3. The summed E-state index contributed by atoms with van der Waals surface area (Å²) in [6.07, 6.45) is 0. The van der Waals surface area contributed by atoms with Gasteiger partial charge in [-0.25, -0.2) is 0 Å². The molecule has 0 saturated heterocycles. The fraction of sp³-hybridized carbons (Fsp3) is 0.125. The number of hydrogen-bond acceptors (Lipinski definition) is 3. The second kappa shape index (κ2) is 7.58. The Morgan fingerprint density at radius 3 is 2.00 bits per heavy atom. The SMILES string of the molecule is Cc1cccc(C(=O)C(=O)c2ccccc2)c1C.Cl.N. The van der Waals surface area contributed by atoms with Crippen molar-refractivity contribution in [1.82, 2.24) is 6.15 Å². The second-order valence-electron chi connectivity index (χ2n) is 4.27. The van der Waals surface area contributed by atoms with Gasteiger partial charge in [-0.3, -0.25) is 9.59 Å². The Balaban J connectivity index is 0.00000180. The van der Waals surface area contributed by atoms with Crippen LogP contribution in [0.3, 0.4) is 0 Å². The van der Waals surface area contributed by atoms with E-state index in [1.807, 2.05) is 26.0 Å². The Morgan fingerprint density at radius 1 is 0.800 bits per heavy atom. The molecular formula is C16H18ClNO2. The van der Waals surface area contributed by atoms with Crippen molar-refractivity contribution in [2.24, 2.45) is 0 Å². The van der Waals surface area contributed by atoms with Crippen molar-refractivity contribution in [3.05, 3.63) is 70.8 Å². The molecule has 0 bridgehead atoms. The molecule has 2 aromatic rings. The molecule has 20 heavy (non-hydrogen) atoms. The Morgan fingerprint density at radius 2 is 1.40 bits per heavy atom. The van der Waals surface area contributed by atoms with E-state index in [-0.39, 0.29) is 18.6 Å². The molecule has 0 aliphatic heterocycles. The number of carbonyl (C=O) groups is 2. The Kier molecular flexibility index (Phi) is 6.83. The van der Waals surface area contributed by atoms with E-state index in [9.17, 15) is 9.59 Å². The average molecular weight is 292 g/mol. The lowest BCUT2D eigenvalue weighted by Crippen LogP contribution is -2.15. The summed E-state index contributed by atoms with van der Waals surface area (Å²) in [5, 5.41) is 0. The molecule has 2 aromatic carbocycles. The van der Waals surface area contributed by atoms with Gasteiger partial charge in [-0.2, -0.15) is 0 Å². The molecule has 0 fully saturated rings. The van der Waals surface area contributed by atoms with E-state index in [0.29, 0.717) is 11.1 Å². The van der Waals surface area contributed by atoms with Gasteiger partial charge in [0.25, 0.3) is 0 Å². The fourth-order valence-corrected chi connectivity index (χ4v) is 1.84. The van der Waals surface area contributed by atoms with E-state index in [1.54, 1.807) is 36.4 Å². The first-order valence-corrected chi connectivity index (χ1v) is 5.81. The summed E-state index contributed by atoms with van der Waals surface area (Å²) in [6, 6.07) is 14.1. The van der Waals surface area contributed by atoms with Crippen molar-refractivity contribution >= 4 is 24.0 Å². The van der Waals surface area contributed by atoms with Crippen LogP contribution in [-0.4, -0.2) is 11.6 Å². The summed E-state index contributed by atoms with van der Waals surface area (Å²) in [5.41, 5.74) is 2.81. The third-order valence-corrected chi connectivity index (χ3v) is 3.09. The molecule has 0 aliphatic carbocycles. The number of benzene rings is 2. The van der Waals surface area contributed by atoms with Gasteiger partial charge in [-0.05, 0) is 25.0 Å². The van der Waals surface area contributed by atoms with Gasteiger partial charge < -0.3 is 6.15 Å². The van der Waals surface area contributed by atoms with Gasteiger partial charge >= 0.3 is 0 Å². The predicted octanol–water partition coefficient (Wildman–Crippen LogP) is 3.95. The topological polar surface area (TPSA) is 69.1 Å². The van der Waals surface area contributed by atoms with Gasteiger partial charge in [0, 0.05) is 11.1 Å². The van der Waals surface area contributed by atoms with E-state index in [4.69, 9.17) is 0 Å². The standard InChI is InChI=1S/C16H14O2.ClH.H3N/c1-11-7-6-10-14(12(11)2)16(18)15(17)13-8-4-3-5-9-13;;/h3-10H,1-2H3;1H;1H3. The maximum atomic E-state index is 12.2. The number of carbonyl (C=O) groups excluding carboxylic acids is 2. The molecule has 0 aromatic heterocycles. The van der Waals surface area contributed by atoms with Crippen LogP contribution in [0.2, 0.25) is 0 Å². The van der Waals surface area contributed by atoms with E-state index in [1.165, 1.54) is 0 Å². The number of hydrogen-bond donors (Lipinski definition) is 1. The Hall–Kier alpha value is -1.97. The van der Waals surface area contributed by atoms with Gasteiger partial charge in [0.2, 0.25) is 11.6 Å². The molecule has 0 unspecified atom stereocenters. The molecule has 0 radical (unpaired) electrons. The first-order chi connectivity index (χ1) is 8.61. The van der Waals surface area contributed by atoms with E-state index in [2.05, 4.69) is 0 Å². The molecule has 3 N–H and O–H groups in total. The Labute approximate surface area is 125 Å². The van der Waals surface area contributed by atoms with Gasteiger partial charge in [0.05, 0.1) is 0 Å². The first-order valence-electron chi connectivity index (χ1n) is 5.81. The minimum Gasteiger partial charge on any atom is -0.344 e. The largest absolute Gasteiger partial charge is 0.344 e. The lowest BCUT2D eigenvalue weighted by molar-refractivity contribution is 0.0816. The lowest BCUT2D eigenvalue weighted by Gasteiger charge is -2.06. The summed E-state index contributed by atoms with van der Waals surface area (Å²) in [7, 11) is 0. The molecule has 0 aliphatic rings. The van der Waals surface area contributed by atoms with Crippen molar-refractivity contribution in [1.29, 1.82) is 0 Å². The predicted molar refractivity (Wildman–Crippen MR) is 83.3 cm³/mol. The monoisotopic (exact) mass is 291 g/mol. The summed E-state index contributed by atoms with van der Waals surface area (Å²) in [5.74, 6) is -0.897. The van der Waals surface area contributed by atoms with Crippen molar-refractivity contribution in [3.8, 4) is 0 Å². The zero-order chi connectivity index (χ0) is 13.1. The first kappa shape index (κ1) is 18.0. The second-order valence-corrected chi connectivity index (χ2v) is 4.27. The van der Waals surface area contributed by atoms with Gasteiger partial charge in [-0.1, -0.05) is 48.5 Å². The maximum absolute atomic E-state index is 12.2. The van der Waals surface area contributed by atoms with Crippen LogP contribution in [-0.2, 0) is 0 Å². The quantitative estimate of drug-likeness (QED) is 0.687. The molecule has 2 rings (SSSR count). The molecule has 0 amide bonds. The molecule has 3 nitrogen and oxygen atoms in total. The lowest BCUT2D eigenvalue weighted by atomic mass is 9.95. The van der Waals surface area contributed by atoms with Crippen molar-refractivity contribution < 1.29 is 9.59 Å². The zero-order valence-corrected chi connectivity index (χ0v) is 12.4.